The Morgan fingerprint density at radius 1 is 1.62 bits per heavy atom. The van der Waals surface area contributed by atoms with Crippen molar-refractivity contribution < 1.29 is 0 Å². The summed E-state index contributed by atoms with van der Waals surface area (Å²) in [4.78, 5) is 4.27. The molecule has 2 N–H and O–H groups in total. The number of aryl methyl sites for hydroxylation is 2. The number of hydrogen-bond acceptors (Lipinski definition) is 2. The van der Waals surface area contributed by atoms with Gasteiger partial charge in [0, 0.05) is 25.9 Å². The topological polar surface area (TPSA) is 43.8 Å². The molecule has 13 heavy (non-hydrogen) atoms. The number of nitrogens with zero attached hydrogens (tertiary/aromatic N) is 2. The predicted molar refractivity (Wildman–Crippen MR) is 54.4 cm³/mol. The number of rotatable bonds is 5. The largest absolute Gasteiger partial charge is 0.338 e. The van der Waals surface area contributed by atoms with Crippen molar-refractivity contribution in [3.05, 3.63) is 18.2 Å². The molecule has 1 aromatic heterocycles. The first-order valence-corrected chi connectivity index (χ1v) is 4.90. The first-order valence-electron chi connectivity index (χ1n) is 4.90. The maximum atomic E-state index is 5.54. The first kappa shape index (κ1) is 10.3. The summed E-state index contributed by atoms with van der Waals surface area (Å²) in [6, 6.07) is 0. The molecule has 0 spiro atoms. The van der Waals surface area contributed by atoms with Gasteiger partial charge in [-0.15, -0.1) is 0 Å². The summed E-state index contributed by atoms with van der Waals surface area (Å²) in [5, 5.41) is 0. The van der Waals surface area contributed by atoms with Crippen LogP contribution in [-0.2, 0) is 13.5 Å². The number of imidazole rings is 1. The highest BCUT2D eigenvalue weighted by molar-refractivity contribution is 4.90. The molecule has 1 heterocycles. The molecule has 0 aromatic carbocycles. The molecule has 0 aliphatic rings. The van der Waals surface area contributed by atoms with Crippen LogP contribution in [0.2, 0.25) is 0 Å². The molecule has 0 bridgehead atoms. The zero-order valence-corrected chi connectivity index (χ0v) is 8.53. The van der Waals surface area contributed by atoms with Gasteiger partial charge in [0.1, 0.15) is 5.82 Å². The van der Waals surface area contributed by atoms with Crippen LogP contribution in [0.25, 0.3) is 0 Å². The van der Waals surface area contributed by atoms with Crippen molar-refractivity contribution in [1.82, 2.24) is 9.55 Å². The van der Waals surface area contributed by atoms with Gasteiger partial charge in [0.2, 0.25) is 0 Å². The van der Waals surface area contributed by atoms with E-state index in [1.807, 2.05) is 19.4 Å². The average molecular weight is 181 g/mol. The lowest BCUT2D eigenvalue weighted by atomic mass is 10.0. The summed E-state index contributed by atoms with van der Waals surface area (Å²) in [7, 11) is 2.04. The molecule has 0 amide bonds. The average Bonchev–Trinajstić information content (AvgIpc) is 2.52. The van der Waals surface area contributed by atoms with Gasteiger partial charge in [-0.3, -0.25) is 0 Å². The molecular formula is C10H19N3. The van der Waals surface area contributed by atoms with Crippen molar-refractivity contribution >= 4 is 0 Å². The van der Waals surface area contributed by atoms with Gasteiger partial charge in [0.25, 0.3) is 0 Å². The van der Waals surface area contributed by atoms with Crippen molar-refractivity contribution in [3.63, 3.8) is 0 Å². The van der Waals surface area contributed by atoms with Gasteiger partial charge >= 0.3 is 0 Å². The van der Waals surface area contributed by atoms with Crippen LogP contribution < -0.4 is 5.73 Å². The maximum absolute atomic E-state index is 5.54. The van der Waals surface area contributed by atoms with E-state index in [4.69, 9.17) is 5.73 Å². The van der Waals surface area contributed by atoms with E-state index in [-0.39, 0.29) is 0 Å². The summed E-state index contributed by atoms with van der Waals surface area (Å²) in [6.07, 6.45) is 7.28. The number of nitrogens with two attached hydrogens (primary N) is 1. The van der Waals surface area contributed by atoms with E-state index < -0.39 is 0 Å². The van der Waals surface area contributed by atoms with Gasteiger partial charge < -0.3 is 10.3 Å². The molecule has 0 radical (unpaired) electrons. The van der Waals surface area contributed by atoms with Gasteiger partial charge in [0.05, 0.1) is 0 Å². The fraction of sp³-hybridized carbons (Fsp3) is 0.700. The van der Waals surface area contributed by atoms with Crippen molar-refractivity contribution in [1.29, 1.82) is 0 Å². The minimum Gasteiger partial charge on any atom is -0.338 e. The van der Waals surface area contributed by atoms with Crippen LogP contribution in [0.1, 0.15) is 25.6 Å². The van der Waals surface area contributed by atoms with Crippen LogP contribution in [0.3, 0.4) is 0 Å². The fourth-order valence-electron chi connectivity index (χ4n) is 1.36. The minimum atomic E-state index is 0.639. The van der Waals surface area contributed by atoms with E-state index in [2.05, 4.69) is 16.5 Å². The Morgan fingerprint density at radius 2 is 2.38 bits per heavy atom. The molecule has 0 aliphatic heterocycles. The number of aromatic nitrogens is 2. The second-order valence-corrected chi connectivity index (χ2v) is 3.69. The molecule has 3 heteroatoms. The van der Waals surface area contributed by atoms with Gasteiger partial charge in [-0.05, 0) is 25.3 Å². The molecule has 1 atom stereocenters. The minimum absolute atomic E-state index is 0.639. The Morgan fingerprint density at radius 3 is 2.92 bits per heavy atom. The van der Waals surface area contributed by atoms with Crippen molar-refractivity contribution in [2.24, 2.45) is 18.7 Å². The SMILES string of the molecule is CC(CN)CCCc1nccn1C. The van der Waals surface area contributed by atoms with Crippen LogP contribution in [0, 0.1) is 5.92 Å². The molecule has 3 nitrogen and oxygen atoms in total. The molecule has 74 valence electrons. The monoisotopic (exact) mass is 181 g/mol. The van der Waals surface area contributed by atoms with E-state index in [0.717, 1.165) is 13.0 Å². The molecular weight excluding hydrogens is 162 g/mol. The summed E-state index contributed by atoms with van der Waals surface area (Å²) >= 11 is 0. The second kappa shape index (κ2) is 5.02. The normalized spacial score (nSPS) is 13.2. The molecule has 1 rings (SSSR count). The summed E-state index contributed by atoms with van der Waals surface area (Å²) in [5.74, 6) is 1.81. The first-order chi connectivity index (χ1) is 6.24. The summed E-state index contributed by atoms with van der Waals surface area (Å²) < 4.78 is 2.08. The molecule has 0 fully saturated rings. The van der Waals surface area contributed by atoms with Crippen LogP contribution in [0.15, 0.2) is 12.4 Å². The highest BCUT2D eigenvalue weighted by atomic mass is 15.0. The zero-order valence-electron chi connectivity index (χ0n) is 8.53. The van der Waals surface area contributed by atoms with Gasteiger partial charge in [-0.25, -0.2) is 4.98 Å². The van der Waals surface area contributed by atoms with Crippen LogP contribution in [-0.4, -0.2) is 16.1 Å². The van der Waals surface area contributed by atoms with Gasteiger partial charge in [-0.1, -0.05) is 6.92 Å². The number of hydrogen-bond donors (Lipinski definition) is 1. The van der Waals surface area contributed by atoms with E-state index in [1.54, 1.807) is 0 Å². The Bertz CT molecular complexity index is 242. The predicted octanol–water partition coefficient (Wildman–Crippen LogP) is 1.34. The van der Waals surface area contributed by atoms with E-state index in [0.29, 0.717) is 5.92 Å². The third-order valence-electron chi connectivity index (χ3n) is 2.42. The van der Waals surface area contributed by atoms with Crippen LogP contribution in [0.5, 0.6) is 0 Å². The quantitative estimate of drug-likeness (QED) is 0.745. The van der Waals surface area contributed by atoms with Crippen molar-refractivity contribution in [3.8, 4) is 0 Å². The highest BCUT2D eigenvalue weighted by Gasteiger charge is 2.01. The highest BCUT2D eigenvalue weighted by Crippen LogP contribution is 2.07. The van der Waals surface area contributed by atoms with Gasteiger partial charge in [0.15, 0.2) is 0 Å². The standard InChI is InChI=1S/C10H19N3/c1-9(8-11)4-3-5-10-12-6-7-13(10)2/h6-7,9H,3-5,8,11H2,1-2H3. The van der Waals surface area contributed by atoms with E-state index in [9.17, 15) is 0 Å². The summed E-state index contributed by atoms with van der Waals surface area (Å²) in [5.41, 5.74) is 5.54. The van der Waals surface area contributed by atoms with Crippen molar-refractivity contribution in [2.75, 3.05) is 6.54 Å². The molecule has 1 aromatic rings. The Hall–Kier alpha value is -0.830. The molecule has 0 saturated carbocycles. The van der Waals surface area contributed by atoms with E-state index in [1.165, 1.54) is 18.7 Å². The second-order valence-electron chi connectivity index (χ2n) is 3.69. The molecule has 0 saturated heterocycles. The fourth-order valence-corrected chi connectivity index (χ4v) is 1.36. The van der Waals surface area contributed by atoms with Gasteiger partial charge in [-0.2, -0.15) is 0 Å². The Kier molecular flexibility index (Phi) is 3.96. The van der Waals surface area contributed by atoms with Crippen LogP contribution >= 0.6 is 0 Å². The van der Waals surface area contributed by atoms with E-state index >= 15 is 0 Å². The van der Waals surface area contributed by atoms with Crippen molar-refractivity contribution in [2.45, 2.75) is 26.2 Å². The molecule has 1 unspecified atom stereocenters. The lowest BCUT2D eigenvalue weighted by Crippen LogP contribution is -2.11. The zero-order chi connectivity index (χ0) is 9.68. The van der Waals surface area contributed by atoms with Crippen LogP contribution in [0.4, 0.5) is 0 Å². The lowest BCUT2D eigenvalue weighted by Gasteiger charge is -2.07. The Balaban J connectivity index is 2.24. The summed E-state index contributed by atoms with van der Waals surface area (Å²) in [6.45, 7) is 2.99. The smallest absolute Gasteiger partial charge is 0.108 e. The lowest BCUT2D eigenvalue weighted by molar-refractivity contribution is 0.513. The third kappa shape index (κ3) is 3.19. The Labute approximate surface area is 80.0 Å². The third-order valence-corrected chi connectivity index (χ3v) is 2.42. The molecule has 0 aliphatic carbocycles. The maximum Gasteiger partial charge on any atom is 0.108 e.